The summed E-state index contributed by atoms with van der Waals surface area (Å²) >= 11 is 0. The molecule has 1 fully saturated rings. The number of aryl methyl sites for hydroxylation is 1. The second-order valence-corrected chi connectivity index (χ2v) is 10.6. The minimum atomic E-state index is -0.867. The molecule has 0 saturated carbocycles. The Morgan fingerprint density at radius 2 is 1.84 bits per heavy atom. The summed E-state index contributed by atoms with van der Waals surface area (Å²) in [7, 11) is 0. The molecule has 1 aliphatic heterocycles. The van der Waals surface area contributed by atoms with Gasteiger partial charge in [-0.3, -0.25) is 14.6 Å². The molecule has 13 heteroatoms. The van der Waals surface area contributed by atoms with Crippen LogP contribution < -0.4 is 21.5 Å². The van der Waals surface area contributed by atoms with Gasteiger partial charge in [0.25, 0.3) is 11.5 Å². The van der Waals surface area contributed by atoms with Crippen LogP contribution in [0.5, 0.6) is 5.75 Å². The van der Waals surface area contributed by atoms with Gasteiger partial charge >= 0.3 is 12.1 Å². The van der Waals surface area contributed by atoms with E-state index in [1.54, 1.807) is 25.1 Å². The maximum Gasteiger partial charge on any atom is 0.407 e. The van der Waals surface area contributed by atoms with E-state index in [4.69, 9.17) is 4.74 Å². The van der Waals surface area contributed by atoms with Crippen LogP contribution in [0.3, 0.4) is 0 Å². The number of pyridine rings is 2. The third-order valence-electron chi connectivity index (χ3n) is 7.42. The Hall–Kier alpha value is -5.46. The first-order chi connectivity index (χ1) is 21.7. The first-order valence-corrected chi connectivity index (χ1v) is 14.5. The highest BCUT2D eigenvalue weighted by Gasteiger charge is 2.29. The molecule has 0 bridgehead atoms. The number of carbonyl (C=O) groups excluding carboxylic acids is 3. The zero-order valence-corrected chi connectivity index (χ0v) is 24.6. The molecule has 0 spiro atoms. The van der Waals surface area contributed by atoms with Gasteiger partial charge in [-0.2, -0.15) is 0 Å². The van der Waals surface area contributed by atoms with E-state index in [0.29, 0.717) is 31.6 Å². The second kappa shape index (κ2) is 13.9. The van der Waals surface area contributed by atoms with Gasteiger partial charge in [0.2, 0.25) is 0 Å². The van der Waals surface area contributed by atoms with Crippen molar-refractivity contribution in [2.24, 2.45) is 0 Å². The van der Waals surface area contributed by atoms with Gasteiger partial charge in [0, 0.05) is 32.4 Å². The number of aromatic hydroxyl groups is 1. The molecule has 1 aliphatic rings. The normalized spacial score (nSPS) is 13.4. The van der Waals surface area contributed by atoms with Gasteiger partial charge in [-0.15, -0.1) is 0 Å². The van der Waals surface area contributed by atoms with Crippen LogP contribution in [0.2, 0.25) is 0 Å². The zero-order chi connectivity index (χ0) is 31.9. The van der Waals surface area contributed by atoms with Crippen LogP contribution in [0.25, 0.3) is 11.0 Å². The number of aromatic nitrogens is 2. The summed E-state index contributed by atoms with van der Waals surface area (Å²) in [5.41, 5.74) is 1.40. The summed E-state index contributed by atoms with van der Waals surface area (Å²) in [5.74, 6) is -1.82. The van der Waals surface area contributed by atoms with Crippen LogP contribution in [-0.2, 0) is 24.2 Å². The number of alkyl carbamates (subject to hydrolysis) is 1. The van der Waals surface area contributed by atoms with E-state index in [1.165, 1.54) is 27.8 Å². The van der Waals surface area contributed by atoms with E-state index < -0.39 is 35.0 Å². The molecule has 45 heavy (non-hydrogen) atoms. The lowest BCUT2D eigenvalue weighted by Gasteiger charge is -2.24. The van der Waals surface area contributed by atoms with Crippen molar-refractivity contribution in [2.45, 2.75) is 39.0 Å². The average molecular weight is 617 g/mol. The Morgan fingerprint density at radius 1 is 1.09 bits per heavy atom. The lowest BCUT2D eigenvalue weighted by molar-refractivity contribution is 0.0896. The number of nitrogens with one attached hydrogen (secondary N) is 3. The Morgan fingerprint density at radius 3 is 2.56 bits per heavy atom. The number of benzene rings is 2. The predicted molar refractivity (Wildman–Crippen MR) is 163 cm³/mol. The van der Waals surface area contributed by atoms with Gasteiger partial charge in [0.05, 0.1) is 12.1 Å². The third-order valence-corrected chi connectivity index (χ3v) is 7.42. The number of hydrogen-bond donors (Lipinski definition) is 4. The SMILES string of the molecule is CC(NC(=O)c1c(O)c2ncc(Cc3ccc(F)cc3)cc2n(CCCOC(=O)NCc2ccccc2)c1=O)N1CCNC1=O. The van der Waals surface area contributed by atoms with E-state index in [0.717, 1.165) is 11.1 Å². The van der Waals surface area contributed by atoms with Crippen molar-refractivity contribution in [3.8, 4) is 5.75 Å². The van der Waals surface area contributed by atoms with Crippen LogP contribution in [0.1, 0.15) is 40.4 Å². The highest BCUT2D eigenvalue weighted by Crippen LogP contribution is 2.26. The van der Waals surface area contributed by atoms with Crippen molar-refractivity contribution in [3.63, 3.8) is 0 Å². The van der Waals surface area contributed by atoms with Crippen LogP contribution in [0, 0.1) is 5.82 Å². The molecule has 2 aromatic heterocycles. The topological polar surface area (TPSA) is 155 Å². The van der Waals surface area contributed by atoms with Crippen molar-refractivity contribution < 1.29 is 28.6 Å². The third kappa shape index (κ3) is 7.37. The molecule has 2 aromatic carbocycles. The number of halogens is 1. The van der Waals surface area contributed by atoms with E-state index in [-0.39, 0.29) is 42.5 Å². The van der Waals surface area contributed by atoms with E-state index in [2.05, 4.69) is 20.9 Å². The first-order valence-electron chi connectivity index (χ1n) is 14.5. The highest BCUT2D eigenvalue weighted by molar-refractivity contribution is 6.01. The standard InChI is InChI=1S/C32H33FN6O6/c1-20(38-14-12-34-31(38)43)37-29(41)26-28(40)27-25(17-23(19-35-27)16-21-8-10-24(33)11-9-21)39(30(26)42)13-5-15-45-32(44)36-18-22-6-3-2-4-7-22/h2-4,6-11,17,19-20,40H,5,12-16,18H2,1H3,(H,34,43)(H,36,44)(H,37,41). The first kappa shape index (κ1) is 31.0. The molecule has 1 saturated heterocycles. The number of amides is 4. The summed E-state index contributed by atoms with van der Waals surface area (Å²) in [6.45, 7) is 2.68. The van der Waals surface area contributed by atoms with Gasteiger partial charge < -0.3 is 35.3 Å². The van der Waals surface area contributed by atoms with E-state index >= 15 is 0 Å². The van der Waals surface area contributed by atoms with Crippen molar-refractivity contribution in [3.05, 3.63) is 105 Å². The lowest BCUT2D eigenvalue weighted by Crippen LogP contribution is -2.48. The van der Waals surface area contributed by atoms with Crippen molar-refractivity contribution >= 4 is 29.1 Å². The zero-order valence-electron chi connectivity index (χ0n) is 24.6. The van der Waals surface area contributed by atoms with Crippen LogP contribution in [-0.4, -0.2) is 63.5 Å². The molecule has 12 nitrogen and oxygen atoms in total. The van der Waals surface area contributed by atoms with E-state index in [9.17, 15) is 28.7 Å². The molecular weight excluding hydrogens is 583 g/mol. The summed E-state index contributed by atoms with van der Waals surface area (Å²) < 4.78 is 20.0. The quantitative estimate of drug-likeness (QED) is 0.189. The molecule has 1 unspecified atom stereocenters. The largest absolute Gasteiger partial charge is 0.505 e. The predicted octanol–water partition coefficient (Wildman–Crippen LogP) is 3.25. The summed E-state index contributed by atoms with van der Waals surface area (Å²) in [5, 5.41) is 19.0. The van der Waals surface area contributed by atoms with Crippen LogP contribution in [0.4, 0.5) is 14.0 Å². The number of ether oxygens (including phenoxy) is 1. The number of carbonyl (C=O) groups is 3. The molecule has 0 radical (unpaired) electrons. The average Bonchev–Trinajstić information content (AvgIpc) is 3.47. The minimum absolute atomic E-state index is 0.0238. The molecule has 0 aliphatic carbocycles. The maximum atomic E-state index is 13.8. The highest BCUT2D eigenvalue weighted by atomic mass is 19.1. The minimum Gasteiger partial charge on any atom is -0.505 e. The van der Waals surface area contributed by atoms with Gasteiger partial charge in [0.15, 0.2) is 5.75 Å². The maximum absolute atomic E-state index is 13.8. The van der Waals surface area contributed by atoms with Crippen LogP contribution >= 0.6 is 0 Å². The fourth-order valence-electron chi connectivity index (χ4n) is 5.11. The van der Waals surface area contributed by atoms with Gasteiger partial charge in [0.1, 0.15) is 23.1 Å². The fraction of sp³-hybridized carbons (Fsp3) is 0.281. The Labute approximate surface area is 257 Å². The van der Waals surface area contributed by atoms with Gasteiger partial charge in [-0.25, -0.2) is 14.0 Å². The van der Waals surface area contributed by atoms with Gasteiger partial charge in [-0.05, 0) is 54.7 Å². The van der Waals surface area contributed by atoms with Crippen molar-refractivity contribution in [2.75, 3.05) is 19.7 Å². The number of nitrogens with zero attached hydrogens (tertiary/aromatic N) is 3. The molecule has 234 valence electrons. The Balaban J connectivity index is 1.38. The molecule has 5 rings (SSSR count). The smallest absolute Gasteiger partial charge is 0.407 e. The Kier molecular flexibility index (Phi) is 9.56. The number of fused-ring (bicyclic) bond motifs is 1. The summed E-state index contributed by atoms with van der Waals surface area (Å²) in [6.07, 6.45) is 0.730. The number of hydrogen-bond acceptors (Lipinski definition) is 7. The van der Waals surface area contributed by atoms with Crippen LogP contribution in [0.15, 0.2) is 71.7 Å². The van der Waals surface area contributed by atoms with Crippen molar-refractivity contribution in [1.82, 2.24) is 30.4 Å². The summed E-state index contributed by atoms with van der Waals surface area (Å²) in [4.78, 5) is 57.1. The molecule has 4 N–H and O–H groups in total. The monoisotopic (exact) mass is 616 g/mol. The van der Waals surface area contributed by atoms with Gasteiger partial charge in [-0.1, -0.05) is 42.5 Å². The molecule has 4 amide bonds. The van der Waals surface area contributed by atoms with Crippen molar-refractivity contribution in [1.29, 1.82) is 0 Å². The van der Waals surface area contributed by atoms with E-state index in [1.807, 2.05) is 30.3 Å². The molecular formula is C32H33FN6O6. The second-order valence-electron chi connectivity index (χ2n) is 10.6. The fourth-order valence-corrected chi connectivity index (χ4v) is 5.11. The number of rotatable bonds is 11. The lowest BCUT2D eigenvalue weighted by atomic mass is 10.1. The Bertz CT molecular complexity index is 1760. The summed E-state index contributed by atoms with van der Waals surface area (Å²) in [6, 6.07) is 16.6. The number of urea groups is 1. The molecule has 1 atom stereocenters. The molecule has 4 aromatic rings. The molecule has 3 heterocycles.